The maximum Gasteiger partial charge on any atom is 0.177 e. The van der Waals surface area contributed by atoms with E-state index < -0.39 is 5.82 Å². The van der Waals surface area contributed by atoms with Crippen molar-refractivity contribution >= 4 is 23.0 Å². The Balaban J connectivity index is 2.03. The van der Waals surface area contributed by atoms with Crippen LogP contribution in [0, 0.1) is 17.2 Å². The fourth-order valence-electron chi connectivity index (χ4n) is 4.12. The van der Waals surface area contributed by atoms with E-state index in [-0.39, 0.29) is 27.9 Å². The smallest absolute Gasteiger partial charge is 0.177 e. The number of fused-ring (bicyclic) bond motifs is 3. The zero-order chi connectivity index (χ0) is 13.4. The molecule has 1 aromatic rings. The number of hydrogen-bond donors (Lipinski definition) is 1. The van der Waals surface area contributed by atoms with Crippen molar-refractivity contribution < 1.29 is 14.3 Å². The first-order valence-corrected chi connectivity index (χ1v) is 6.86. The minimum Gasteiger partial charge on any atom is -0.505 e. The van der Waals surface area contributed by atoms with Gasteiger partial charge in [0.15, 0.2) is 17.3 Å². The third kappa shape index (κ3) is 1.24. The highest BCUT2D eigenvalue weighted by Crippen LogP contribution is 2.63. The van der Waals surface area contributed by atoms with E-state index in [0.29, 0.717) is 17.5 Å². The molecule has 0 amide bonds. The summed E-state index contributed by atoms with van der Waals surface area (Å²) in [5.41, 5.74) is 1.88. The fourth-order valence-corrected chi connectivity index (χ4v) is 4.58. The van der Waals surface area contributed by atoms with Gasteiger partial charge in [-0.1, -0.05) is 17.7 Å². The predicted octanol–water partition coefficient (Wildman–Crippen LogP) is 3.41. The number of rotatable bonds is 0. The highest BCUT2D eigenvalue weighted by atomic mass is 35.5. The Bertz CT molecular complexity index is 664. The number of halogens is 2. The van der Waals surface area contributed by atoms with Gasteiger partial charge < -0.3 is 5.11 Å². The summed E-state index contributed by atoms with van der Waals surface area (Å²) in [6, 6.07) is 3.03. The van der Waals surface area contributed by atoms with Crippen LogP contribution in [0.2, 0.25) is 0 Å². The number of benzene rings is 1. The summed E-state index contributed by atoms with van der Waals surface area (Å²) in [5, 5.41) is 9.80. The molecular weight excluding hydrogens is 267 g/mol. The van der Waals surface area contributed by atoms with Crippen molar-refractivity contribution in [3.05, 3.63) is 34.1 Å². The van der Waals surface area contributed by atoms with Crippen LogP contribution in [0.3, 0.4) is 0 Å². The molecule has 1 spiro atoms. The number of carbonyl (C=O) groups excluding carboxylic acids is 1. The average molecular weight is 279 g/mol. The summed E-state index contributed by atoms with van der Waals surface area (Å²) in [6.07, 6.45) is 3.04. The largest absolute Gasteiger partial charge is 0.505 e. The highest BCUT2D eigenvalue weighted by molar-refractivity contribution is 6.46. The van der Waals surface area contributed by atoms with Gasteiger partial charge in [-0.3, -0.25) is 4.79 Å². The first kappa shape index (κ1) is 11.5. The van der Waals surface area contributed by atoms with Gasteiger partial charge in [0.05, 0.1) is 5.03 Å². The van der Waals surface area contributed by atoms with Crippen LogP contribution in [0.1, 0.15) is 30.4 Å². The predicted molar refractivity (Wildman–Crippen MR) is 69.3 cm³/mol. The molecule has 4 rings (SSSR count). The summed E-state index contributed by atoms with van der Waals surface area (Å²) in [6.45, 7) is 0. The summed E-state index contributed by atoms with van der Waals surface area (Å²) in [7, 11) is 0. The van der Waals surface area contributed by atoms with Crippen molar-refractivity contribution in [1.82, 2.24) is 0 Å². The number of phenols is 1. The molecule has 3 aliphatic carbocycles. The molecule has 0 saturated heterocycles. The van der Waals surface area contributed by atoms with Crippen LogP contribution in [-0.4, -0.2) is 10.9 Å². The SMILES string of the molecule is O=C1C(Cl)=C2c3ccc(O)c(F)c3C[C@]23CC[C@H]1C3. The number of ketones is 1. The molecule has 0 unspecified atom stereocenters. The molecule has 98 valence electrons. The van der Waals surface area contributed by atoms with E-state index in [1.807, 2.05) is 0 Å². The third-order valence-electron chi connectivity index (χ3n) is 4.95. The Morgan fingerprint density at radius 1 is 1.42 bits per heavy atom. The van der Waals surface area contributed by atoms with Crippen molar-refractivity contribution in [2.75, 3.05) is 0 Å². The van der Waals surface area contributed by atoms with Crippen molar-refractivity contribution in [2.45, 2.75) is 25.7 Å². The van der Waals surface area contributed by atoms with E-state index >= 15 is 0 Å². The van der Waals surface area contributed by atoms with E-state index in [9.17, 15) is 14.3 Å². The lowest BCUT2D eigenvalue weighted by molar-refractivity contribution is -0.118. The molecule has 19 heavy (non-hydrogen) atoms. The maximum atomic E-state index is 14.1. The van der Waals surface area contributed by atoms with Gasteiger partial charge in [0, 0.05) is 16.9 Å². The highest BCUT2D eigenvalue weighted by Gasteiger charge is 2.54. The van der Waals surface area contributed by atoms with Crippen LogP contribution in [-0.2, 0) is 11.2 Å². The molecule has 0 radical (unpaired) electrons. The molecule has 1 aromatic carbocycles. The number of phenolic OH excluding ortho intramolecular Hbond substituents is 1. The minimum absolute atomic E-state index is 0.00206. The third-order valence-corrected chi connectivity index (χ3v) is 5.33. The standard InChI is InChI=1S/C15H12ClFO2/c16-12-11-8-1-2-10(18)13(17)9(8)6-15(11)4-3-7(5-15)14(12)19/h1-2,7,18H,3-6H2/t7-,15+/m0/s1. The van der Waals surface area contributed by atoms with E-state index in [1.54, 1.807) is 6.07 Å². The van der Waals surface area contributed by atoms with Gasteiger partial charge in [-0.05, 0) is 42.9 Å². The Morgan fingerprint density at radius 2 is 2.21 bits per heavy atom. The Labute approximate surface area is 114 Å². The van der Waals surface area contributed by atoms with Gasteiger partial charge in [0.1, 0.15) is 0 Å². The molecule has 2 atom stereocenters. The molecule has 4 heteroatoms. The molecule has 0 heterocycles. The summed E-state index contributed by atoms with van der Waals surface area (Å²) in [5.74, 6) is -0.881. The summed E-state index contributed by atoms with van der Waals surface area (Å²) in [4.78, 5) is 12.2. The van der Waals surface area contributed by atoms with E-state index in [4.69, 9.17) is 11.6 Å². The summed E-state index contributed by atoms with van der Waals surface area (Å²) >= 11 is 6.26. The van der Waals surface area contributed by atoms with E-state index in [0.717, 1.165) is 24.8 Å². The first-order chi connectivity index (χ1) is 9.03. The molecule has 1 saturated carbocycles. The van der Waals surface area contributed by atoms with Crippen LogP contribution in [0.4, 0.5) is 4.39 Å². The van der Waals surface area contributed by atoms with Gasteiger partial charge in [-0.2, -0.15) is 0 Å². The Kier molecular flexibility index (Phi) is 2.05. The molecule has 1 fully saturated rings. The average Bonchev–Trinajstić information content (AvgIpc) is 2.93. The molecule has 2 nitrogen and oxygen atoms in total. The van der Waals surface area contributed by atoms with Gasteiger partial charge >= 0.3 is 0 Å². The van der Waals surface area contributed by atoms with E-state index in [2.05, 4.69) is 0 Å². The molecule has 3 aliphatic rings. The quantitative estimate of drug-likeness (QED) is 0.790. The molecular formula is C15H12ClFO2. The van der Waals surface area contributed by atoms with Crippen molar-refractivity contribution in [3.63, 3.8) is 0 Å². The normalized spacial score (nSPS) is 31.7. The van der Waals surface area contributed by atoms with Crippen molar-refractivity contribution in [1.29, 1.82) is 0 Å². The second-order valence-electron chi connectivity index (χ2n) is 5.87. The Hall–Kier alpha value is -1.35. The number of hydrogen-bond acceptors (Lipinski definition) is 2. The topological polar surface area (TPSA) is 37.3 Å². The fraction of sp³-hybridized carbons (Fsp3) is 0.400. The number of Topliss-reactive ketones (excluding diaryl/α,β-unsaturated/α-hetero) is 1. The van der Waals surface area contributed by atoms with Crippen LogP contribution in [0.15, 0.2) is 17.2 Å². The van der Waals surface area contributed by atoms with Crippen LogP contribution in [0.5, 0.6) is 5.75 Å². The van der Waals surface area contributed by atoms with E-state index in [1.165, 1.54) is 6.07 Å². The monoisotopic (exact) mass is 278 g/mol. The second-order valence-corrected chi connectivity index (χ2v) is 6.25. The van der Waals surface area contributed by atoms with Crippen LogP contribution >= 0.6 is 11.6 Å². The number of aromatic hydroxyl groups is 1. The van der Waals surface area contributed by atoms with Gasteiger partial charge in [0.25, 0.3) is 0 Å². The molecule has 1 N–H and O–H groups in total. The van der Waals surface area contributed by atoms with Gasteiger partial charge in [-0.25, -0.2) is 4.39 Å². The maximum absolute atomic E-state index is 14.1. The van der Waals surface area contributed by atoms with Gasteiger partial charge in [-0.15, -0.1) is 0 Å². The second kappa shape index (κ2) is 3.40. The lowest BCUT2D eigenvalue weighted by Gasteiger charge is -2.30. The number of carbonyl (C=O) groups is 1. The molecule has 0 aromatic heterocycles. The van der Waals surface area contributed by atoms with Gasteiger partial charge in [0.2, 0.25) is 0 Å². The summed E-state index contributed by atoms with van der Waals surface area (Å²) < 4.78 is 14.1. The zero-order valence-corrected chi connectivity index (χ0v) is 10.9. The van der Waals surface area contributed by atoms with Crippen LogP contribution < -0.4 is 0 Å². The lowest BCUT2D eigenvalue weighted by atomic mass is 9.74. The Morgan fingerprint density at radius 3 is 3.00 bits per heavy atom. The van der Waals surface area contributed by atoms with Crippen molar-refractivity contribution in [3.8, 4) is 5.75 Å². The molecule has 2 bridgehead atoms. The first-order valence-electron chi connectivity index (χ1n) is 6.49. The van der Waals surface area contributed by atoms with Crippen molar-refractivity contribution in [2.24, 2.45) is 11.3 Å². The zero-order valence-electron chi connectivity index (χ0n) is 10.2. The molecule has 0 aliphatic heterocycles. The lowest BCUT2D eigenvalue weighted by Crippen LogP contribution is -2.26. The van der Waals surface area contributed by atoms with Crippen LogP contribution in [0.25, 0.3) is 5.57 Å². The minimum atomic E-state index is -0.561. The number of allylic oxidation sites excluding steroid dienone is 2.